The molecule has 0 radical (unpaired) electrons. The molecule has 0 aromatic rings. The van der Waals surface area contributed by atoms with Crippen molar-refractivity contribution in [1.82, 2.24) is 0 Å². The minimum absolute atomic E-state index is 0.504. The molecule has 0 aromatic heterocycles. The lowest BCUT2D eigenvalue weighted by atomic mass is 9.70. The van der Waals surface area contributed by atoms with E-state index in [9.17, 15) is 0 Å². The van der Waals surface area contributed by atoms with Gasteiger partial charge >= 0.3 is 0 Å². The fourth-order valence-electron chi connectivity index (χ4n) is 4.77. The molecular weight excluding hydrogens is 280 g/mol. The van der Waals surface area contributed by atoms with Crippen molar-refractivity contribution in [2.45, 2.75) is 110 Å². The largest absolute Gasteiger partial charge is 0.498 e. The standard InChI is InChI=1S/C22H40O/c1-3-5-7-10-19-13-15-20(16-14-19)21-11-9-12-22(18-21)23-17-8-6-4-2/h8,17,19-22H,3-7,9-16,18H2,1-2H3/t19-,20-,21-,22-/m1/s1. The second kappa shape index (κ2) is 11.2. The summed E-state index contributed by atoms with van der Waals surface area (Å²) in [6, 6.07) is 0. The Kier molecular flexibility index (Phi) is 9.15. The molecule has 0 saturated heterocycles. The Balaban J connectivity index is 1.66. The van der Waals surface area contributed by atoms with E-state index in [1.165, 1.54) is 83.5 Å². The van der Waals surface area contributed by atoms with E-state index in [1.54, 1.807) is 0 Å². The molecule has 0 aliphatic heterocycles. The second-order valence-corrected chi connectivity index (χ2v) is 8.12. The summed E-state index contributed by atoms with van der Waals surface area (Å²) in [5.74, 6) is 3.00. The quantitative estimate of drug-likeness (QED) is 0.321. The molecule has 2 fully saturated rings. The average Bonchev–Trinajstić information content (AvgIpc) is 2.60. The van der Waals surface area contributed by atoms with Gasteiger partial charge in [-0.2, -0.15) is 0 Å². The normalized spacial score (nSPS) is 32.3. The zero-order valence-electron chi connectivity index (χ0n) is 15.8. The van der Waals surface area contributed by atoms with Gasteiger partial charge in [-0.3, -0.25) is 0 Å². The summed E-state index contributed by atoms with van der Waals surface area (Å²) in [6.45, 7) is 4.54. The van der Waals surface area contributed by atoms with Crippen molar-refractivity contribution in [2.24, 2.45) is 17.8 Å². The van der Waals surface area contributed by atoms with E-state index >= 15 is 0 Å². The summed E-state index contributed by atoms with van der Waals surface area (Å²) in [6.07, 6.45) is 24.3. The molecule has 0 aromatic carbocycles. The lowest BCUT2D eigenvalue weighted by Gasteiger charge is -2.38. The molecule has 0 bridgehead atoms. The van der Waals surface area contributed by atoms with Crippen LogP contribution in [-0.2, 0) is 4.74 Å². The molecule has 2 atom stereocenters. The van der Waals surface area contributed by atoms with E-state index < -0.39 is 0 Å². The molecule has 2 saturated carbocycles. The molecular formula is C22H40O. The van der Waals surface area contributed by atoms with Crippen LogP contribution < -0.4 is 0 Å². The summed E-state index contributed by atoms with van der Waals surface area (Å²) >= 11 is 0. The number of allylic oxidation sites excluding steroid dienone is 1. The lowest BCUT2D eigenvalue weighted by Crippen LogP contribution is -2.29. The fraction of sp³-hybridized carbons (Fsp3) is 0.909. The van der Waals surface area contributed by atoms with Crippen LogP contribution in [0.25, 0.3) is 0 Å². The van der Waals surface area contributed by atoms with Gasteiger partial charge in [0.2, 0.25) is 0 Å². The van der Waals surface area contributed by atoms with Crippen LogP contribution in [0.15, 0.2) is 12.3 Å². The minimum Gasteiger partial charge on any atom is -0.498 e. The first-order valence-electron chi connectivity index (χ1n) is 10.6. The van der Waals surface area contributed by atoms with E-state index in [0.29, 0.717) is 6.10 Å². The van der Waals surface area contributed by atoms with Crippen LogP contribution in [0, 0.1) is 17.8 Å². The van der Waals surface area contributed by atoms with Crippen LogP contribution in [0.5, 0.6) is 0 Å². The molecule has 0 spiro atoms. The fourth-order valence-corrected chi connectivity index (χ4v) is 4.77. The first kappa shape index (κ1) is 18.9. The van der Waals surface area contributed by atoms with Crippen molar-refractivity contribution in [2.75, 3.05) is 0 Å². The summed E-state index contributed by atoms with van der Waals surface area (Å²) < 4.78 is 6.01. The van der Waals surface area contributed by atoms with Crippen molar-refractivity contribution in [1.29, 1.82) is 0 Å². The van der Waals surface area contributed by atoms with Gasteiger partial charge in [0.1, 0.15) is 0 Å². The molecule has 0 heterocycles. The van der Waals surface area contributed by atoms with Gasteiger partial charge in [0, 0.05) is 0 Å². The van der Waals surface area contributed by atoms with E-state index in [0.717, 1.165) is 24.2 Å². The third-order valence-corrected chi connectivity index (χ3v) is 6.26. The summed E-state index contributed by atoms with van der Waals surface area (Å²) in [4.78, 5) is 0. The summed E-state index contributed by atoms with van der Waals surface area (Å²) in [5.41, 5.74) is 0. The molecule has 2 aliphatic rings. The molecule has 0 N–H and O–H groups in total. The van der Waals surface area contributed by atoms with E-state index in [-0.39, 0.29) is 0 Å². The van der Waals surface area contributed by atoms with Crippen molar-refractivity contribution in [3.8, 4) is 0 Å². The van der Waals surface area contributed by atoms with Crippen molar-refractivity contribution in [3.05, 3.63) is 12.3 Å². The third kappa shape index (κ3) is 6.89. The van der Waals surface area contributed by atoms with Crippen LogP contribution in [-0.4, -0.2) is 6.10 Å². The first-order chi connectivity index (χ1) is 11.3. The number of ether oxygens (including phenoxy) is 1. The highest BCUT2D eigenvalue weighted by Gasteiger charge is 2.31. The minimum atomic E-state index is 0.504. The van der Waals surface area contributed by atoms with Gasteiger partial charge in [-0.1, -0.05) is 58.8 Å². The average molecular weight is 321 g/mol. The number of unbranched alkanes of at least 4 members (excludes halogenated alkanes) is 3. The Morgan fingerprint density at radius 1 is 0.870 bits per heavy atom. The molecule has 1 heteroatoms. The van der Waals surface area contributed by atoms with Crippen LogP contribution in [0.4, 0.5) is 0 Å². The number of hydrogen-bond donors (Lipinski definition) is 0. The van der Waals surface area contributed by atoms with Gasteiger partial charge in [0.25, 0.3) is 0 Å². The Morgan fingerprint density at radius 2 is 1.70 bits per heavy atom. The van der Waals surface area contributed by atoms with Gasteiger partial charge in [-0.05, 0) is 68.8 Å². The van der Waals surface area contributed by atoms with E-state index in [1.807, 2.05) is 6.26 Å². The SMILES string of the molecule is CCCC=CO[C@@H]1CCC[C@@H]([C@H]2CC[C@H](CCCCC)CC2)C1. The molecule has 0 unspecified atom stereocenters. The molecule has 2 aliphatic carbocycles. The van der Waals surface area contributed by atoms with Gasteiger partial charge in [0.15, 0.2) is 0 Å². The highest BCUT2D eigenvalue weighted by atomic mass is 16.5. The monoisotopic (exact) mass is 320 g/mol. The zero-order chi connectivity index (χ0) is 16.3. The van der Waals surface area contributed by atoms with Crippen LogP contribution >= 0.6 is 0 Å². The van der Waals surface area contributed by atoms with E-state index in [2.05, 4.69) is 19.9 Å². The molecule has 134 valence electrons. The summed E-state index contributed by atoms with van der Waals surface area (Å²) in [5, 5.41) is 0. The predicted octanol–water partition coefficient (Wildman–Crippen LogP) is 7.26. The summed E-state index contributed by atoms with van der Waals surface area (Å²) in [7, 11) is 0. The maximum atomic E-state index is 6.01. The Hall–Kier alpha value is -0.460. The number of hydrogen-bond acceptors (Lipinski definition) is 1. The molecule has 1 nitrogen and oxygen atoms in total. The zero-order valence-corrected chi connectivity index (χ0v) is 15.8. The Bertz CT molecular complexity index is 314. The smallest absolute Gasteiger partial charge is 0.0981 e. The van der Waals surface area contributed by atoms with Crippen molar-refractivity contribution >= 4 is 0 Å². The maximum absolute atomic E-state index is 6.01. The third-order valence-electron chi connectivity index (χ3n) is 6.26. The van der Waals surface area contributed by atoms with Crippen LogP contribution in [0.3, 0.4) is 0 Å². The van der Waals surface area contributed by atoms with Gasteiger partial charge in [-0.15, -0.1) is 0 Å². The molecule has 23 heavy (non-hydrogen) atoms. The second-order valence-electron chi connectivity index (χ2n) is 8.12. The molecule has 0 amide bonds. The van der Waals surface area contributed by atoms with Gasteiger partial charge in [-0.25, -0.2) is 0 Å². The molecule has 2 rings (SSSR count). The van der Waals surface area contributed by atoms with Gasteiger partial charge < -0.3 is 4.74 Å². The predicted molar refractivity (Wildman–Crippen MR) is 100 cm³/mol. The Morgan fingerprint density at radius 3 is 2.43 bits per heavy atom. The topological polar surface area (TPSA) is 9.23 Å². The Labute approximate surface area is 145 Å². The first-order valence-corrected chi connectivity index (χ1v) is 10.6. The lowest BCUT2D eigenvalue weighted by molar-refractivity contribution is 0.0510. The van der Waals surface area contributed by atoms with E-state index in [4.69, 9.17) is 4.74 Å². The van der Waals surface area contributed by atoms with Crippen molar-refractivity contribution in [3.63, 3.8) is 0 Å². The van der Waals surface area contributed by atoms with Crippen LogP contribution in [0.2, 0.25) is 0 Å². The maximum Gasteiger partial charge on any atom is 0.0981 e. The van der Waals surface area contributed by atoms with Crippen LogP contribution in [0.1, 0.15) is 104 Å². The number of rotatable bonds is 9. The van der Waals surface area contributed by atoms with Crippen molar-refractivity contribution < 1.29 is 4.74 Å². The highest BCUT2D eigenvalue weighted by Crippen LogP contribution is 2.41. The highest BCUT2D eigenvalue weighted by molar-refractivity contribution is 4.84. The van der Waals surface area contributed by atoms with Gasteiger partial charge in [0.05, 0.1) is 12.4 Å².